The van der Waals surface area contributed by atoms with Crippen LogP contribution in [0.15, 0.2) is 77.7 Å². The molecule has 0 aromatic heterocycles. The number of methoxy groups -OCH3 is 2. The van der Waals surface area contributed by atoms with Crippen molar-refractivity contribution in [2.45, 2.75) is 10.6 Å². The quantitative estimate of drug-likeness (QED) is 0.570. The first-order valence-corrected chi connectivity index (χ1v) is 9.48. The number of thioether (sulfide) groups is 1. The normalized spacial score (nSPS) is 10.3. The third kappa shape index (κ3) is 5.05. The topological polar surface area (TPSA) is 47.6 Å². The molecule has 0 saturated heterocycles. The Hall–Kier alpha value is -2.92. The van der Waals surface area contributed by atoms with Gasteiger partial charge in [-0.1, -0.05) is 36.4 Å². The molecule has 3 aromatic carbocycles. The van der Waals surface area contributed by atoms with E-state index in [2.05, 4.69) is 17.4 Å². The van der Waals surface area contributed by atoms with Crippen LogP contribution in [0.4, 0.5) is 5.69 Å². The van der Waals surface area contributed by atoms with E-state index in [1.54, 1.807) is 44.2 Å². The molecule has 0 saturated carbocycles. The van der Waals surface area contributed by atoms with Gasteiger partial charge in [-0.3, -0.25) is 4.79 Å². The van der Waals surface area contributed by atoms with Gasteiger partial charge in [-0.05, 0) is 42.0 Å². The summed E-state index contributed by atoms with van der Waals surface area (Å²) in [5.41, 5.74) is 2.53. The van der Waals surface area contributed by atoms with Gasteiger partial charge in [0, 0.05) is 21.9 Å². The summed E-state index contributed by atoms with van der Waals surface area (Å²) in [5, 5.41) is 2.94. The molecule has 0 spiro atoms. The van der Waals surface area contributed by atoms with E-state index in [9.17, 15) is 4.79 Å². The highest BCUT2D eigenvalue weighted by Crippen LogP contribution is 2.29. The third-order valence-electron chi connectivity index (χ3n) is 3.99. The number of rotatable bonds is 7. The first-order valence-electron chi connectivity index (χ1n) is 8.50. The number of anilines is 1. The molecule has 1 amide bonds. The molecule has 0 fully saturated rings. The molecule has 27 heavy (non-hydrogen) atoms. The Morgan fingerprint density at radius 1 is 0.889 bits per heavy atom. The molecule has 3 rings (SSSR count). The first kappa shape index (κ1) is 18.9. The molecule has 1 N–H and O–H groups in total. The molecule has 138 valence electrons. The van der Waals surface area contributed by atoms with Crippen LogP contribution in [0.5, 0.6) is 11.5 Å². The minimum absolute atomic E-state index is 0.193. The van der Waals surface area contributed by atoms with Gasteiger partial charge in [0.15, 0.2) is 11.5 Å². The molecular weight excluding hydrogens is 358 g/mol. The molecular formula is C22H21NO3S. The maximum absolute atomic E-state index is 12.6. The highest BCUT2D eigenvalue weighted by Gasteiger charge is 2.11. The number of amides is 1. The number of hydrogen-bond donors (Lipinski definition) is 1. The lowest BCUT2D eigenvalue weighted by molar-refractivity contribution is 0.102. The summed E-state index contributed by atoms with van der Waals surface area (Å²) in [5.74, 6) is 1.81. The summed E-state index contributed by atoms with van der Waals surface area (Å²) in [6.45, 7) is 0. The van der Waals surface area contributed by atoms with Crippen molar-refractivity contribution < 1.29 is 14.3 Å². The fourth-order valence-corrected chi connectivity index (χ4v) is 3.50. The second-order valence-corrected chi connectivity index (χ2v) is 6.87. The van der Waals surface area contributed by atoms with Gasteiger partial charge in [0.2, 0.25) is 0 Å². The van der Waals surface area contributed by atoms with Crippen molar-refractivity contribution in [1.29, 1.82) is 0 Å². The van der Waals surface area contributed by atoms with Crippen molar-refractivity contribution in [2.24, 2.45) is 0 Å². The van der Waals surface area contributed by atoms with E-state index in [0.717, 1.165) is 16.3 Å². The van der Waals surface area contributed by atoms with Gasteiger partial charge >= 0.3 is 0 Å². The largest absolute Gasteiger partial charge is 0.493 e. The number of ether oxygens (including phenoxy) is 2. The minimum atomic E-state index is -0.193. The van der Waals surface area contributed by atoms with Crippen molar-refractivity contribution in [3.05, 3.63) is 83.9 Å². The Morgan fingerprint density at radius 2 is 1.67 bits per heavy atom. The van der Waals surface area contributed by atoms with Crippen molar-refractivity contribution in [3.63, 3.8) is 0 Å². The molecule has 0 aliphatic rings. The fraction of sp³-hybridized carbons (Fsp3) is 0.136. The summed E-state index contributed by atoms with van der Waals surface area (Å²) in [7, 11) is 3.11. The summed E-state index contributed by atoms with van der Waals surface area (Å²) < 4.78 is 10.5. The average Bonchev–Trinajstić information content (AvgIpc) is 2.72. The summed E-state index contributed by atoms with van der Waals surface area (Å²) in [4.78, 5) is 13.7. The Labute approximate surface area is 163 Å². The van der Waals surface area contributed by atoms with Gasteiger partial charge in [-0.2, -0.15) is 0 Å². The number of nitrogens with one attached hydrogen (secondary N) is 1. The minimum Gasteiger partial charge on any atom is -0.493 e. The monoisotopic (exact) mass is 379 g/mol. The number of hydrogen-bond acceptors (Lipinski definition) is 4. The zero-order valence-electron chi connectivity index (χ0n) is 15.3. The van der Waals surface area contributed by atoms with Crippen LogP contribution >= 0.6 is 11.8 Å². The van der Waals surface area contributed by atoms with Crippen molar-refractivity contribution in [2.75, 3.05) is 19.5 Å². The van der Waals surface area contributed by atoms with E-state index in [0.29, 0.717) is 17.1 Å². The Morgan fingerprint density at radius 3 is 2.41 bits per heavy atom. The maximum Gasteiger partial charge on any atom is 0.255 e. The zero-order chi connectivity index (χ0) is 19.1. The van der Waals surface area contributed by atoms with Gasteiger partial charge in [0.05, 0.1) is 14.2 Å². The number of carbonyl (C=O) groups is 1. The molecule has 0 aliphatic heterocycles. The molecule has 0 bridgehead atoms. The lowest BCUT2D eigenvalue weighted by Crippen LogP contribution is -2.12. The van der Waals surface area contributed by atoms with Crippen LogP contribution in [-0.4, -0.2) is 20.1 Å². The van der Waals surface area contributed by atoms with E-state index in [1.807, 2.05) is 42.5 Å². The standard InChI is InChI=1S/C22H21NO3S/c1-25-20-12-11-17(13-21(20)26-2)22(24)23-18-9-6-10-19(14-18)27-15-16-7-4-3-5-8-16/h3-14H,15H2,1-2H3,(H,23,24). The average molecular weight is 379 g/mol. The van der Waals surface area contributed by atoms with E-state index >= 15 is 0 Å². The summed E-state index contributed by atoms with van der Waals surface area (Å²) in [6.07, 6.45) is 0. The number of benzene rings is 3. The first-order chi connectivity index (χ1) is 13.2. The van der Waals surface area contributed by atoms with Crippen molar-refractivity contribution >= 4 is 23.4 Å². The van der Waals surface area contributed by atoms with Gasteiger partial charge in [0.25, 0.3) is 5.91 Å². The fourth-order valence-electron chi connectivity index (χ4n) is 2.59. The van der Waals surface area contributed by atoms with Crippen LogP contribution in [-0.2, 0) is 5.75 Å². The van der Waals surface area contributed by atoms with Crippen LogP contribution in [0.1, 0.15) is 15.9 Å². The van der Waals surface area contributed by atoms with E-state index in [4.69, 9.17) is 9.47 Å². The lowest BCUT2D eigenvalue weighted by atomic mass is 10.2. The molecule has 0 atom stereocenters. The van der Waals surface area contributed by atoms with E-state index in [1.165, 1.54) is 5.56 Å². The van der Waals surface area contributed by atoms with Crippen LogP contribution < -0.4 is 14.8 Å². The smallest absolute Gasteiger partial charge is 0.255 e. The Balaban J connectivity index is 1.67. The molecule has 0 unspecified atom stereocenters. The predicted octanol–water partition coefficient (Wildman–Crippen LogP) is 5.25. The van der Waals surface area contributed by atoms with Crippen LogP contribution in [0.3, 0.4) is 0 Å². The van der Waals surface area contributed by atoms with Crippen molar-refractivity contribution in [3.8, 4) is 11.5 Å². The maximum atomic E-state index is 12.6. The summed E-state index contributed by atoms with van der Waals surface area (Å²) in [6, 6.07) is 23.2. The van der Waals surface area contributed by atoms with E-state index < -0.39 is 0 Å². The number of carbonyl (C=O) groups excluding carboxylic acids is 1. The molecule has 0 heterocycles. The van der Waals surface area contributed by atoms with Gasteiger partial charge < -0.3 is 14.8 Å². The molecule has 0 aliphatic carbocycles. The Bertz CT molecular complexity index is 912. The second-order valence-electron chi connectivity index (χ2n) is 5.83. The summed E-state index contributed by atoms with van der Waals surface area (Å²) >= 11 is 1.73. The SMILES string of the molecule is COc1ccc(C(=O)Nc2cccc(SCc3ccccc3)c2)cc1OC. The zero-order valence-corrected chi connectivity index (χ0v) is 16.1. The van der Waals surface area contributed by atoms with Crippen LogP contribution in [0.25, 0.3) is 0 Å². The van der Waals surface area contributed by atoms with Gasteiger partial charge in [-0.15, -0.1) is 11.8 Å². The highest BCUT2D eigenvalue weighted by atomic mass is 32.2. The van der Waals surface area contributed by atoms with Gasteiger partial charge in [-0.25, -0.2) is 0 Å². The van der Waals surface area contributed by atoms with Crippen LogP contribution in [0, 0.1) is 0 Å². The molecule has 5 heteroatoms. The van der Waals surface area contributed by atoms with Gasteiger partial charge in [0.1, 0.15) is 0 Å². The molecule has 3 aromatic rings. The molecule has 4 nitrogen and oxygen atoms in total. The second kappa shape index (κ2) is 9.14. The van der Waals surface area contributed by atoms with Crippen molar-refractivity contribution in [1.82, 2.24) is 0 Å². The lowest BCUT2D eigenvalue weighted by Gasteiger charge is -2.11. The Kier molecular flexibility index (Phi) is 6.39. The highest BCUT2D eigenvalue weighted by molar-refractivity contribution is 7.98. The molecule has 0 radical (unpaired) electrons. The van der Waals surface area contributed by atoms with Crippen LogP contribution in [0.2, 0.25) is 0 Å². The predicted molar refractivity (Wildman–Crippen MR) is 110 cm³/mol. The third-order valence-corrected chi connectivity index (χ3v) is 5.05. The van der Waals surface area contributed by atoms with E-state index in [-0.39, 0.29) is 5.91 Å².